The van der Waals surface area contributed by atoms with Gasteiger partial charge in [0.15, 0.2) is 0 Å². The largest absolute Gasteiger partial charge is 0.435 e. The van der Waals surface area contributed by atoms with Crippen molar-refractivity contribution in [2.45, 2.75) is 25.5 Å². The molecule has 6 heteroatoms. The average molecular weight is 256 g/mol. The summed E-state index contributed by atoms with van der Waals surface area (Å²) in [6, 6.07) is 5.50. The summed E-state index contributed by atoms with van der Waals surface area (Å²) in [6.07, 6.45) is 1.52. The highest BCUT2D eigenvalue weighted by molar-refractivity contribution is 5.97. The fourth-order valence-corrected chi connectivity index (χ4v) is 1.97. The minimum atomic E-state index is -2.85. The monoisotopic (exact) mass is 256 g/mol. The standard InChI is InChI=1S/C12H14F2N2O2/c13-12(14)18-9-5-3-8(4-6-9)16-7-1-2-10(15)11(16)17/h3-6,10,12H,1-2,7,15H2/t10-/m1/s1. The van der Waals surface area contributed by atoms with Crippen molar-refractivity contribution in [2.24, 2.45) is 5.73 Å². The van der Waals surface area contributed by atoms with Crippen LogP contribution < -0.4 is 15.4 Å². The molecule has 1 fully saturated rings. The summed E-state index contributed by atoms with van der Waals surface area (Å²) in [5.74, 6) is -0.0636. The SMILES string of the molecule is N[C@@H]1CCCN(c2ccc(OC(F)F)cc2)C1=O. The van der Waals surface area contributed by atoms with Gasteiger partial charge in [-0.3, -0.25) is 4.79 Å². The molecule has 1 amide bonds. The van der Waals surface area contributed by atoms with Crippen molar-refractivity contribution < 1.29 is 18.3 Å². The van der Waals surface area contributed by atoms with Crippen molar-refractivity contribution in [3.05, 3.63) is 24.3 Å². The van der Waals surface area contributed by atoms with Gasteiger partial charge in [-0.1, -0.05) is 0 Å². The average Bonchev–Trinajstić information content (AvgIpc) is 2.33. The van der Waals surface area contributed by atoms with E-state index in [-0.39, 0.29) is 11.7 Å². The van der Waals surface area contributed by atoms with Crippen LogP contribution in [0.5, 0.6) is 5.75 Å². The molecule has 0 spiro atoms. The van der Waals surface area contributed by atoms with Crippen LogP contribution in [0.1, 0.15) is 12.8 Å². The lowest BCUT2D eigenvalue weighted by atomic mass is 10.0. The minimum Gasteiger partial charge on any atom is -0.435 e. The molecule has 1 atom stereocenters. The molecular weight excluding hydrogens is 242 g/mol. The van der Waals surface area contributed by atoms with Crippen LogP contribution in [0.15, 0.2) is 24.3 Å². The third kappa shape index (κ3) is 2.76. The molecule has 18 heavy (non-hydrogen) atoms. The van der Waals surface area contributed by atoms with Gasteiger partial charge in [-0.05, 0) is 37.1 Å². The second-order valence-corrected chi connectivity index (χ2v) is 4.11. The molecule has 0 unspecified atom stereocenters. The van der Waals surface area contributed by atoms with Gasteiger partial charge in [-0.2, -0.15) is 8.78 Å². The molecule has 1 aromatic rings. The predicted octanol–water partition coefficient (Wildman–Crippen LogP) is 1.74. The maximum absolute atomic E-state index is 12.0. The number of carbonyl (C=O) groups is 1. The van der Waals surface area contributed by atoms with Gasteiger partial charge in [0.05, 0.1) is 6.04 Å². The number of ether oxygens (including phenoxy) is 1. The third-order valence-corrected chi connectivity index (χ3v) is 2.85. The van der Waals surface area contributed by atoms with Crippen LogP contribution in [-0.2, 0) is 4.79 Å². The lowest BCUT2D eigenvalue weighted by Gasteiger charge is -2.30. The maximum Gasteiger partial charge on any atom is 0.387 e. The van der Waals surface area contributed by atoms with Crippen molar-refractivity contribution in [3.8, 4) is 5.75 Å². The summed E-state index contributed by atoms with van der Waals surface area (Å²) in [5.41, 5.74) is 6.34. The third-order valence-electron chi connectivity index (χ3n) is 2.85. The summed E-state index contributed by atoms with van der Waals surface area (Å²) in [7, 11) is 0. The van der Waals surface area contributed by atoms with Gasteiger partial charge in [0.2, 0.25) is 5.91 Å². The molecule has 0 aliphatic carbocycles. The van der Waals surface area contributed by atoms with Gasteiger partial charge < -0.3 is 15.4 Å². The molecule has 1 aliphatic heterocycles. The number of benzene rings is 1. The van der Waals surface area contributed by atoms with E-state index in [0.29, 0.717) is 18.7 Å². The van der Waals surface area contributed by atoms with E-state index in [1.807, 2.05) is 0 Å². The molecule has 4 nitrogen and oxygen atoms in total. The number of carbonyl (C=O) groups excluding carboxylic acids is 1. The number of amides is 1. The summed E-state index contributed by atoms with van der Waals surface area (Å²) in [5, 5.41) is 0. The fraction of sp³-hybridized carbons (Fsp3) is 0.417. The van der Waals surface area contributed by atoms with Crippen LogP contribution in [0.4, 0.5) is 14.5 Å². The molecule has 0 bridgehead atoms. The topological polar surface area (TPSA) is 55.6 Å². The number of anilines is 1. The highest BCUT2D eigenvalue weighted by Gasteiger charge is 2.26. The van der Waals surface area contributed by atoms with Crippen molar-refractivity contribution in [1.29, 1.82) is 0 Å². The van der Waals surface area contributed by atoms with Crippen LogP contribution in [0, 0.1) is 0 Å². The maximum atomic E-state index is 12.0. The highest BCUT2D eigenvalue weighted by atomic mass is 19.3. The molecule has 1 aromatic carbocycles. The van der Waals surface area contributed by atoms with Gasteiger partial charge in [0.1, 0.15) is 5.75 Å². The smallest absolute Gasteiger partial charge is 0.387 e. The Bertz CT molecular complexity index is 423. The Kier molecular flexibility index (Phi) is 3.76. The van der Waals surface area contributed by atoms with Crippen LogP contribution in [0.2, 0.25) is 0 Å². The van der Waals surface area contributed by atoms with E-state index in [4.69, 9.17) is 5.73 Å². The first-order valence-corrected chi connectivity index (χ1v) is 5.70. The van der Waals surface area contributed by atoms with Gasteiger partial charge in [-0.25, -0.2) is 0 Å². The van der Waals surface area contributed by atoms with Crippen molar-refractivity contribution in [2.75, 3.05) is 11.4 Å². The van der Waals surface area contributed by atoms with Crippen molar-refractivity contribution in [3.63, 3.8) is 0 Å². The van der Waals surface area contributed by atoms with Crippen molar-refractivity contribution >= 4 is 11.6 Å². The molecule has 0 radical (unpaired) electrons. The van der Waals surface area contributed by atoms with E-state index < -0.39 is 12.7 Å². The molecule has 1 saturated heterocycles. The Balaban J connectivity index is 2.11. The van der Waals surface area contributed by atoms with Crippen LogP contribution in [0.25, 0.3) is 0 Å². The lowest BCUT2D eigenvalue weighted by molar-refractivity contribution is -0.120. The van der Waals surface area contributed by atoms with Gasteiger partial charge in [-0.15, -0.1) is 0 Å². The Morgan fingerprint density at radius 2 is 2.00 bits per heavy atom. The second-order valence-electron chi connectivity index (χ2n) is 4.11. The Morgan fingerprint density at radius 1 is 1.33 bits per heavy atom. The normalized spacial score (nSPS) is 20.3. The molecule has 2 rings (SSSR count). The quantitative estimate of drug-likeness (QED) is 0.896. The first kappa shape index (κ1) is 12.8. The number of nitrogens with two attached hydrogens (primary N) is 1. The molecule has 1 aliphatic rings. The first-order chi connectivity index (χ1) is 8.58. The molecule has 98 valence electrons. The zero-order chi connectivity index (χ0) is 13.1. The number of halogens is 2. The Morgan fingerprint density at radius 3 is 2.61 bits per heavy atom. The number of nitrogens with zero attached hydrogens (tertiary/aromatic N) is 1. The first-order valence-electron chi connectivity index (χ1n) is 5.70. The number of rotatable bonds is 3. The second kappa shape index (κ2) is 5.30. The van der Waals surface area contributed by atoms with Gasteiger partial charge in [0.25, 0.3) is 0 Å². The zero-order valence-electron chi connectivity index (χ0n) is 9.68. The molecule has 0 saturated carbocycles. The minimum absolute atomic E-state index is 0.0718. The van der Waals surface area contributed by atoms with E-state index in [1.165, 1.54) is 12.1 Å². The fourth-order valence-electron chi connectivity index (χ4n) is 1.97. The van der Waals surface area contributed by atoms with E-state index >= 15 is 0 Å². The Hall–Kier alpha value is -1.69. The van der Waals surface area contributed by atoms with E-state index in [1.54, 1.807) is 17.0 Å². The number of alkyl halides is 2. The molecule has 0 aromatic heterocycles. The van der Waals surface area contributed by atoms with Crippen LogP contribution in [0.3, 0.4) is 0 Å². The highest BCUT2D eigenvalue weighted by Crippen LogP contribution is 2.24. The van der Waals surface area contributed by atoms with E-state index in [2.05, 4.69) is 4.74 Å². The summed E-state index contributed by atoms with van der Waals surface area (Å²) in [4.78, 5) is 13.4. The summed E-state index contributed by atoms with van der Waals surface area (Å²) in [6.45, 7) is -2.25. The molecular formula is C12H14F2N2O2. The molecule has 2 N–H and O–H groups in total. The van der Waals surface area contributed by atoms with Crippen molar-refractivity contribution in [1.82, 2.24) is 0 Å². The van der Waals surface area contributed by atoms with E-state index in [0.717, 1.165) is 6.42 Å². The van der Waals surface area contributed by atoms with E-state index in [9.17, 15) is 13.6 Å². The lowest BCUT2D eigenvalue weighted by Crippen LogP contribution is -2.48. The summed E-state index contributed by atoms with van der Waals surface area (Å²) < 4.78 is 28.2. The summed E-state index contributed by atoms with van der Waals surface area (Å²) >= 11 is 0. The zero-order valence-corrected chi connectivity index (χ0v) is 9.68. The number of piperidine rings is 1. The Labute approximate surface area is 103 Å². The predicted molar refractivity (Wildman–Crippen MR) is 62.6 cm³/mol. The van der Waals surface area contributed by atoms with Gasteiger partial charge >= 0.3 is 6.61 Å². The van der Waals surface area contributed by atoms with Gasteiger partial charge in [0, 0.05) is 12.2 Å². The molecule has 1 heterocycles. The van der Waals surface area contributed by atoms with Crippen LogP contribution >= 0.6 is 0 Å². The van der Waals surface area contributed by atoms with Crippen LogP contribution in [-0.4, -0.2) is 25.1 Å². The number of hydrogen-bond donors (Lipinski definition) is 1. The number of hydrogen-bond acceptors (Lipinski definition) is 3.